The van der Waals surface area contributed by atoms with E-state index >= 15 is 0 Å². The van der Waals surface area contributed by atoms with Crippen LogP contribution in [0.5, 0.6) is 0 Å². The van der Waals surface area contributed by atoms with Crippen LogP contribution >= 0.6 is 0 Å². The lowest BCUT2D eigenvalue weighted by atomic mass is 9.81. The lowest BCUT2D eigenvalue weighted by Crippen LogP contribution is -2.14. The first-order valence-corrected chi connectivity index (χ1v) is 15.4. The van der Waals surface area contributed by atoms with Gasteiger partial charge in [-0.25, -0.2) is 0 Å². The van der Waals surface area contributed by atoms with E-state index in [1.807, 2.05) is 0 Å². The summed E-state index contributed by atoms with van der Waals surface area (Å²) in [5, 5.41) is 10.1. The third-order valence-electron chi connectivity index (χ3n) is 10.2. The predicted octanol–water partition coefficient (Wildman–Crippen LogP) is 12.1. The van der Waals surface area contributed by atoms with Crippen LogP contribution in [0.1, 0.15) is 25.0 Å². The number of hydrogen-bond acceptors (Lipinski definition) is 1. The van der Waals surface area contributed by atoms with Gasteiger partial charge in [-0.05, 0) is 89.5 Å². The average molecular weight is 561 g/mol. The van der Waals surface area contributed by atoms with Gasteiger partial charge in [0.15, 0.2) is 0 Å². The fraction of sp³-hybridized carbons (Fsp3) is 0.0698. The highest BCUT2D eigenvalue weighted by atomic mass is 16.3. The van der Waals surface area contributed by atoms with Crippen LogP contribution in [0.4, 0.5) is 0 Å². The zero-order chi connectivity index (χ0) is 29.2. The number of benzene rings is 8. The molecule has 0 saturated carbocycles. The van der Waals surface area contributed by atoms with Gasteiger partial charge in [0.1, 0.15) is 11.2 Å². The molecule has 9 aromatic rings. The lowest BCUT2D eigenvalue weighted by molar-refractivity contribution is 0.660. The summed E-state index contributed by atoms with van der Waals surface area (Å²) >= 11 is 0. The third-order valence-corrected chi connectivity index (χ3v) is 10.2. The van der Waals surface area contributed by atoms with Crippen molar-refractivity contribution < 1.29 is 4.42 Å². The molecular formula is C43H28O. The van der Waals surface area contributed by atoms with Gasteiger partial charge in [0.05, 0.1) is 0 Å². The largest absolute Gasteiger partial charge is 0.455 e. The molecule has 0 radical (unpaired) electrons. The van der Waals surface area contributed by atoms with E-state index in [-0.39, 0.29) is 5.41 Å². The summed E-state index contributed by atoms with van der Waals surface area (Å²) < 4.78 is 6.76. The normalized spacial score (nSPS) is 13.9. The van der Waals surface area contributed by atoms with Gasteiger partial charge in [0.2, 0.25) is 0 Å². The van der Waals surface area contributed by atoms with E-state index in [0.29, 0.717) is 0 Å². The zero-order valence-corrected chi connectivity index (χ0v) is 24.6. The van der Waals surface area contributed by atoms with Crippen molar-refractivity contribution in [1.29, 1.82) is 0 Å². The van der Waals surface area contributed by atoms with Crippen molar-refractivity contribution in [1.82, 2.24) is 0 Å². The van der Waals surface area contributed by atoms with Crippen LogP contribution in [-0.4, -0.2) is 0 Å². The maximum absolute atomic E-state index is 6.76. The van der Waals surface area contributed by atoms with E-state index in [1.165, 1.54) is 76.6 Å². The fourth-order valence-electron chi connectivity index (χ4n) is 8.12. The molecule has 206 valence electrons. The minimum absolute atomic E-state index is 0.0589. The molecular weight excluding hydrogens is 532 g/mol. The van der Waals surface area contributed by atoms with Crippen molar-refractivity contribution in [2.24, 2.45) is 0 Å². The van der Waals surface area contributed by atoms with Crippen LogP contribution in [0.25, 0.3) is 87.6 Å². The molecule has 8 aromatic carbocycles. The quantitative estimate of drug-likeness (QED) is 0.192. The van der Waals surface area contributed by atoms with Crippen LogP contribution in [0, 0.1) is 0 Å². The summed E-state index contributed by atoms with van der Waals surface area (Å²) in [4.78, 5) is 0. The van der Waals surface area contributed by atoms with Gasteiger partial charge in [-0.1, -0.05) is 129 Å². The zero-order valence-electron chi connectivity index (χ0n) is 24.6. The van der Waals surface area contributed by atoms with Gasteiger partial charge in [0.25, 0.3) is 0 Å². The molecule has 1 heterocycles. The first-order valence-electron chi connectivity index (χ1n) is 15.4. The summed E-state index contributed by atoms with van der Waals surface area (Å²) in [6.45, 7) is 4.69. The fourth-order valence-corrected chi connectivity index (χ4v) is 8.12. The van der Waals surface area contributed by atoms with Crippen molar-refractivity contribution in [3.8, 4) is 33.4 Å². The van der Waals surface area contributed by atoms with E-state index in [1.54, 1.807) is 0 Å². The lowest BCUT2D eigenvalue weighted by Gasteiger charge is -2.22. The summed E-state index contributed by atoms with van der Waals surface area (Å²) in [6, 6.07) is 49.1. The third kappa shape index (κ3) is 3.04. The minimum Gasteiger partial charge on any atom is -0.455 e. The molecule has 0 saturated heterocycles. The molecule has 1 aromatic heterocycles. The van der Waals surface area contributed by atoms with Crippen LogP contribution in [-0.2, 0) is 5.41 Å². The van der Waals surface area contributed by atoms with Gasteiger partial charge >= 0.3 is 0 Å². The first kappa shape index (κ1) is 24.1. The van der Waals surface area contributed by atoms with E-state index < -0.39 is 0 Å². The Bertz CT molecular complexity index is 2610. The maximum atomic E-state index is 6.76. The molecule has 0 N–H and O–H groups in total. The van der Waals surface area contributed by atoms with Gasteiger partial charge in [-0.15, -0.1) is 0 Å². The standard InChI is InChI=1S/C43H28O/c1-43(2)36-12-5-3-10-31(36)32-20-18-28(24-37(32)43)29-22-23-34(41-35-11-4-6-13-38(35)44-42(29)41)30-19-16-27-15-14-25-8-7-9-26-17-21-33(30)40(27)39(25)26/h3-24H,1-2H3. The molecule has 1 aliphatic rings. The molecule has 44 heavy (non-hydrogen) atoms. The second-order valence-electron chi connectivity index (χ2n) is 12.9. The molecule has 1 nitrogen and oxygen atoms in total. The highest BCUT2D eigenvalue weighted by Gasteiger charge is 2.35. The second-order valence-corrected chi connectivity index (χ2v) is 12.9. The van der Waals surface area contributed by atoms with Gasteiger partial charge in [-0.3, -0.25) is 0 Å². The smallest absolute Gasteiger partial charge is 0.143 e. The molecule has 0 spiro atoms. The van der Waals surface area contributed by atoms with Crippen molar-refractivity contribution in [2.45, 2.75) is 19.3 Å². The molecule has 0 unspecified atom stereocenters. The number of furan rings is 1. The number of hydrogen-bond donors (Lipinski definition) is 0. The van der Waals surface area contributed by atoms with Gasteiger partial charge in [-0.2, -0.15) is 0 Å². The van der Waals surface area contributed by atoms with E-state index in [9.17, 15) is 0 Å². The maximum Gasteiger partial charge on any atom is 0.143 e. The number of para-hydroxylation sites is 1. The van der Waals surface area contributed by atoms with E-state index in [0.717, 1.165) is 22.1 Å². The van der Waals surface area contributed by atoms with Crippen LogP contribution < -0.4 is 0 Å². The monoisotopic (exact) mass is 560 g/mol. The van der Waals surface area contributed by atoms with E-state index in [2.05, 4.69) is 147 Å². The first-order chi connectivity index (χ1) is 21.6. The Kier molecular flexibility index (Phi) is 4.58. The Morgan fingerprint density at radius 1 is 0.432 bits per heavy atom. The Morgan fingerprint density at radius 2 is 1.09 bits per heavy atom. The van der Waals surface area contributed by atoms with E-state index in [4.69, 9.17) is 4.42 Å². The van der Waals surface area contributed by atoms with Crippen LogP contribution in [0.2, 0.25) is 0 Å². The van der Waals surface area contributed by atoms with Crippen molar-refractivity contribution in [3.05, 3.63) is 145 Å². The molecule has 1 aliphatic carbocycles. The number of fused-ring (bicyclic) bond motifs is 6. The topological polar surface area (TPSA) is 13.1 Å². The summed E-state index contributed by atoms with van der Waals surface area (Å²) in [5.41, 5.74) is 12.0. The Hall–Kier alpha value is -5.40. The van der Waals surface area contributed by atoms with Crippen LogP contribution in [0.3, 0.4) is 0 Å². The summed E-state index contributed by atoms with van der Waals surface area (Å²) in [6.07, 6.45) is 0. The molecule has 0 amide bonds. The highest BCUT2D eigenvalue weighted by molar-refractivity contribution is 6.27. The van der Waals surface area contributed by atoms with Gasteiger partial charge < -0.3 is 4.42 Å². The van der Waals surface area contributed by atoms with Crippen molar-refractivity contribution in [2.75, 3.05) is 0 Å². The summed E-state index contributed by atoms with van der Waals surface area (Å²) in [5.74, 6) is 0. The second kappa shape index (κ2) is 8.36. The molecule has 0 aliphatic heterocycles. The predicted molar refractivity (Wildman–Crippen MR) is 186 cm³/mol. The Labute approximate surface area is 255 Å². The highest BCUT2D eigenvalue weighted by Crippen LogP contribution is 2.51. The molecule has 10 rings (SSSR count). The Balaban J connectivity index is 1.26. The van der Waals surface area contributed by atoms with Crippen molar-refractivity contribution in [3.63, 3.8) is 0 Å². The molecule has 0 fully saturated rings. The molecule has 0 bridgehead atoms. The molecule has 1 heteroatoms. The number of rotatable bonds is 2. The average Bonchev–Trinajstić information content (AvgIpc) is 3.56. The minimum atomic E-state index is -0.0589. The SMILES string of the molecule is CC1(C)c2ccccc2-c2ccc(-c3ccc(-c4ccc5ccc6cccc7ccc4c5c67)c4c3oc3ccccc34)cc21. The summed E-state index contributed by atoms with van der Waals surface area (Å²) in [7, 11) is 0. The molecule has 0 atom stereocenters. The van der Waals surface area contributed by atoms with Crippen molar-refractivity contribution >= 4 is 54.3 Å². The van der Waals surface area contributed by atoms with Gasteiger partial charge in [0, 0.05) is 21.8 Å². The van der Waals surface area contributed by atoms with Crippen LogP contribution in [0.15, 0.2) is 138 Å². The Morgan fingerprint density at radius 3 is 1.98 bits per heavy atom.